The second-order valence-electron chi connectivity index (χ2n) is 6.88. The third kappa shape index (κ3) is 4.23. The number of rotatable bonds is 6. The molecule has 1 aliphatic rings. The third-order valence-corrected chi connectivity index (χ3v) is 6.03. The molecule has 2 aromatic rings. The normalized spacial score (nSPS) is 15.7. The zero-order valence-electron chi connectivity index (χ0n) is 15.5. The van der Waals surface area contributed by atoms with Crippen molar-refractivity contribution >= 4 is 33.4 Å². The van der Waals surface area contributed by atoms with E-state index in [1.165, 1.54) is 24.0 Å². The minimum atomic E-state index is -0.338. The van der Waals surface area contributed by atoms with E-state index in [2.05, 4.69) is 24.0 Å². The average Bonchev–Trinajstić information content (AvgIpc) is 3.28. The van der Waals surface area contributed by atoms with Crippen molar-refractivity contribution in [3.63, 3.8) is 0 Å². The maximum absolute atomic E-state index is 12.5. The van der Waals surface area contributed by atoms with Crippen LogP contribution in [0, 0.1) is 5.92 Å². The van der Waals surface area contributed by atoms with Gasteiger partial charge in [-0.1, -0.05) is 43.6 Å². The molecule has 1 aromatic heterocycles. The number of carbonyl (C=O) groups is 2. The lowest BCUT2D eigenvalue weighted by atomic mass is 10.1. The number of aromatic nitrogens is 1. The first kappa shape index (κ1) is 18.8. The molecular weight excluding hydrogens is 348 g/mol. The molecule has 26 heavy (non-hydrogen) atoms. The van der Waals surface area contributed by atoms with Gasteiger partial charge in [0.2, 0.25) is 0 Å². The van der Waals surface area contributed by atoms with Crippen molar-refractivity contribution < 1.29 is 14.3 Å². The summed E-state index contributed by atoms with van der Waals surface area (Å²) in [5.74, 6) is -0.361. The van der Waals surface area contributed by atoms with Crippen LogP contribution in [0.4, 0.5) is 0 Å². The molecule has 0 radical (unpaired) electrons. The number of amides is 1. The number of nitrogens with zero attached hydrogens (tertiary/aromatic N) is 2. The predicted molar refractivity (Wildman–Crippen MR) is 103 cm³/mol. The van der Waals surface area contributed by atoms with E-state index in [9.17, 15) is 9.59 Å². The number of fused-ring (bicyclic) bond motifs is 1. The highest BCUT2D eigenvalue weighted by Gasteiger charge is 2.22. The molecule has 0 bridgehead atoms. The van der Waals surface area contributed by atoms with E-state index in [4.69, 9.17) is 4.74 Å². The first-order valence-corrected chi connectivity index (χ1v) is 10.2. The number of esters is 1. The van der Waals surface area contributed by atoms with Crippen molar-refractivity contribution in [1.82, 2.24) is 4.57 Å². The lowest BCUT2D eigenvalue weighted by Crippen LogP contribution is -2.23. The van der Waals surface area contributed by atoms with E-state index in [-0.39, 0.29) is 24.3 Å². The van der Waals surface area contributed by atoms with Crippen LogP contribution in [0.1, 0.15) is 51.0 Å². The number of benzene rings is 1. The molecule has 1 aliphatic carbocycles. The quantitative estimate of drug-likeness (QED) is 0.722. The summed E-state index contributed by atoms with van der Waals surface area (Å²) in [4.78, 5) is 29.4. The molecule has 1 saturated carbocycles. The Kier molecular flexibility index (Phi) is 6.25. The van der Waals surface area contributed by atoms with Gasteiger partial charge in [-0.2, -0.15) is 4.99 Å². The molecule has 140 valence electrons. The van der Waals surface area contributed by atoms with Crippen molar-refractivity contribution in [2.24, 2.45) is 10.9 Å². The highest BCUT2D eigenvalue weighted by atomic mass is 32.1. The molecule has 0 N–H and O–H groups in total. The number of unbranched alkanes of at least 4 members (excludes halogenated alkanes) is 1. The highest BCUT2D eigenvalue weighted by Crippen LogP contribution is 2.26. The lowest BCUT2D eigenvalue weighted by molar-refractivity contribution is -0.141. The molecule has 0 atom stereocenters. The summed E-state index contributed by atoms with van der Waals surface area (Å²) in [6.07, 6.45) is 7.38. The smallest absolute Gasteiger partial charge is 0.325 e. The van der Waals surface area contributed by atoms with Crippen LogP contribution in [0.3, 0.4) is 0 Å². The molecule has 0 aliphatic heterocycles. The van der Waals surface area contributed by atoms with E-state index in [0.29, 0.717) is 4.80 Å². The zero-order chi connectivity index (χ0) is 18.5. The van der Waals surface area contributed by atoms with E-state index >= 15 is 0 Å². The fourth-order valence-electron chi connectivity index (χ4n) is 3.44. The summed E-state index contributed by atoms with van der Waals surface area (Å²) >= 11 is 1.48. The molecule has 1 fully saturated rings. The molecule has 3 rings (SSSR count). The van der Waals surface area contributed by atoms with Crippen molar-refractivity contribution in [2.75, 3.05) is 7.11 Å². The number of carbonyl (C=O) groups excluding carboxylic acids is 2. The Morgan fingerprint density at radius 2 is 2.08 bits per heavy atom. The largest absolute Gasteiger partial charge is 0.468 e. The van der Waals surface area contributed by atoms with Gasteiger partial charge in [-0.15, -0.1) is 0 Å². The average molecular weight is 375 g/mol. The fraction of sp³-hybridized carbons (Fsp3) is 0.550. The Labute approximate surface area is 157 Å². The molecule has 0 saturated heterocycles. The standard InChI is InChI=1S/C20H26N2O3S/c1-3-4-7-14-10-11-16-17(12-14)26-20(22(16)13-18(23)25-2)21-19(24)15-8-5-6-9-15/h10-12,15H,3-9,13H2,1-2H3. The Morgan fingerprint density at radius 3 is 2.77 bits per heavy atom. The summed E-state index contributed by atoms with van der Waals surface area (Å²) < 4.78 is 7.69. The monoisotopic (exact) mass is 374 g/mol. The number of thiazole rings is 1. The minimum absolute atomic E-state index is 0.0342. The fourth-order valence-corrected chi connectivity index (χ4v) is 4.54. The summed E-state index contributed by atoms with van der Waals surface area (Å²) in [5, 5.41) is 0. The van der Waals surface area contributed by atoms with Gasteiger partial charge in [-0.3, -0.25) is 9.59 Å². The van der Waals surface area contributed by atoms with Gasteiger partial charge in [-0.05, 0) is 43.4 Å². The minimum Gasteiger partial charge on any atom is -0.468 e. The number of hydrogen-bond donors (Lipinski definition) is 0. The number of methoxy groups -OCH3 is 1. The molecule has 6 heteroatoms. The molecule has 1 heterocycles. The molecule has 5 nitrogen and oxygen atoms in total. The summed E-state index contributed by atoms with van der Waals surface area (Å²) in [6.45, 7) is 2.25. The van der Waals surface area contributed by atoms with Crippen LogP contribution in [0.5, 0.6) is 0 Å². The number of hydrogen-bond acceptors (Lipinski definition) is 4. The third-order valence-electron chi connectivity index (χ3n) is 4.99. The van der Waals surface area contributed by atoms with E-state index in [1.54, 1.807) is 0 Å². The zero-order valence-corrected chi connectivity index (χ0v) is 16.3. The summed E-state index contributed by atoms with van der Waals surface area (Å²) in [6, 6.07) is 6.28. The van der Waals surface area contributed by atoms with Crippen LogP contribution < -0.4 is 4.80 Å². The maximum atomic E-state index is 12.5. The van der Waals surface area contributed by atoms with Gasteiger partial charge in [0.25, 0.3) is 5.91 Å². The van der Waals surface area contributed by atoms with E-state index in [1.807, 2.05) is 10.6 Å². The molecular formula is C20H26N2O3S. The van der Waals surface area contributed by atoms with E-state index < -0.39 is 0 Å². The molecule has 1 aromatic carbocycles. The number of ether oxygens (including phenoxy) is 1. The van der Waals surface area contributed by atoms with Crippen molar-refractivity contribution in [2.45, 2.75) is 58.4 Å². The van der Waals surface area contributed by atoms with Gasteiger partial charge < -0.3 is 9.30 Å². The van der Waals surface area contributed by atoms with Crippen LogP contribution in [-0.4, -0.2) is 23.6 Å². The molecule has 0 spiro atoms. The Bertz CT molecular complexity index is 860. The van der Waals surface area contributed by atoms with Gasteiger partial charge in [0, 0.05) is 5.92 Å². The summed E-state index contributed by atoms with van der Waals surface area (Å²) in [7, 11) is 1.38. The second-order valence-corrected chi connectivity index (χ2v) is 7.89. The van der Waals surface area contributed by atoms with E-state index in [0.717, 1.165) is 55.2 Å². The Hall–Kier alpha value is -1.95. The Morgan fingerprint density at radius 1 is 1.31 bits per heavy atom. The van der Waals surface area contributed by atoms with Gasteiger partial charge in [0.05, 0.1) is 17.3 Å². The molecule has 1 amide bonds. The van der Waals surface area contributed by atoms with Crippen LogP contribution in [-0.2, 0) is 27.3 Å². The maximum Gasteiger partial charge on any atom is 0.325 e. The first-order valence-electron chi connectivity index (χ1n) is 9.40. The van der Waals surface area contributed by atoms with Gasteiger partial charge >= 0.3 is 5.97 Å². The SMILES string of the molecule is CCCCc1ccc2c(c1)sc(=NC(=O)C1CCCC1)n2CC(=O)OC. The predicted octanol–water partition coefficient (Wildman–Crippen LogP) is 3.84. The van der Waals surface area contributed by atoms with Gasteiger partial charge in [0.15, 0.2) is 4.80 Å². The molecule has 0 unspecified atom stereocenters. The van der Waals surface area contributed by atoms with Gasteiger partial charge in [-0.25, -0.2) is 0 Å². The first-order chi connectivity index (χ1) is 12.6. The van der Waals surface area contributed by atoms with Crippen LogP contribution in [0.2, 0.25) is 0 Å². The second kappa shape index (κ2) is 8.62. The van der Waals surface area contributed by atoms with Crippen molar-refractivity contribution in [3.05, 3.63) is 28.6 Å². The highest BCUT2D eigenvalue weighted by molar-refractivity contribution is 7.16. The van der Waals surface area contributed by atoms with Crippen molar-refractivity contribution in [1.29, 1.82) is 0 Å². The Balaban J connectivity index is 2.02. The van der Waals surface area contributed by atoms with Gasteiger partial charge in [0.1, 0.15) is 6.54 Å². The van der Waals surface area contributed by atoms with Crippen LogP contribution >= 0.6 is 11.3 Å². The summed E-state index contributed by atoms with van der Waals surface area (Å²) in [5.41, 5.74) is 2.21. The van der Waals surface area contributed by atoms with Crippen molar-refractivity contribution in [3.8, 4) is 0 Å². The topological polar surface area (TPSA) is 60.7 Å². The van der Waals surface area contributed by atoms with Crippen LogP contribution in [0.25, 0.3) is 10.2 Å². The number of aryl methyl sites for hydroxylation is 1. The van der Waals surface area contributed by atoms with Crippen LogP contribution in [0.15, 0.2) is 23.2 Å². The lowest BCUT2D eigenvalue weighted by Gasteiger charge is -2.05.